The predicted octanol–water partition coefficient (Wildman–Crippen LogP) is 3.10. The SMILES string of the molecule is COc1cccc([C@H]2C[C@@H]2C(=O)Nc2cnc(C3CC3)nc2)c1. The zero-order valence-electron chi connectivity index (χ0n) is 13.0. The smallest absolute Gasteiger partial charge is 0.228 e. The molecule has 1 N–H and O–H groups in total. The number of ether oxygens (including phenoxy) is 1. The summed E-state index contributed by atoms with van der Waals surface area (Å²) in [6.45, 7) is 0. The average Bonchev–Trinajstić information content (AvgIpc) is 3.48. The van der Waals surface area contributed by atoms with Gasteiger partial charge in [0.05, 0.1) is 25.2 Å². The highest BCUT2D eigenvalue weighted by Gasteiger charge is 2.44. The Labute approximate surface area is 135 Å². The zero-order chi connectivity index (χ0) is 15.8. The lowest BCUT2D eigenvalue weighted by molar-refractivity contribution is -0.117. The number of hydrogen-bond donors (Lipinski definition) is 1. The van der Waals surface area contributed by atoms with E-state index in [9.17, 15) is 4.79 Å². The van der Waals surface area contributed by atoms with Crippen LogP contribution in [0.1, 0.15) is 42.5 Å². The van der Waals surface area contributed by atoms with Crippen LogP contribution in [-0.2, 0) is 4.79 Å². The van der Waals surface area contributed by atoms with E-state index in [1.165, 1.54) is 12.8 Å². The number of carbonyl (C=O) groups is 1. The van der Waals surface area contributed by atoms with E-state index in [-0.39, 0.29) is 17.7 Å². The van der Waals surface area contributed by atoms with Crippen molar-refractivity contribution in [2.75, 3.05) is 12.4 Å². The maximum absolute atomic E-state index is 12.3. The standard InChI is InChI=1S/C18H19N3O2/c1-23-14-4-2-3-12(7-14)15-8-16(15)18(22)21-13-9-19-17(20-10-13)11-5-6-11/h2-4,7,9-11,15-16H,5-6,8H2,1H3,(H,21,22)/t15-,16+/m1/s1. The van der Waals surface area contributed by atoms with Crippen molar-refractivity contribution < 1.29 is 9.53 Å². The summed E-state index contributed by atoms with van der Waals surface area (Å²) in [4.78, 5) is 21.0. The molecule has 5 heteroatoms. The van der Waals surface area contributed by atoms with Gasteiger partial charge in [-0.05, 0) is 42.9 Å². The number of aromatic nitrogens is 2. The first-order valence-electron chi connectivity index (χ1n) is 8.01. The summed E-state index contributed by atoms with van der Waals surface area (Å²) in [6.07, 6.45) is 6.65. The quantitative estimate of drug-likeness (QED) is 0.921. The van der Waals surface area contributed by atoms with Crippen molar-refractivity contribution >= 4 is 11.6 Å². The molecule has 23 heavy (non-hydrogen) atoms. The third kappa shape index (κ3) is 3.04. The van der Waals surface area contributed by atoms with Crippen molar-refractivity contribution in [2.24, 2.45) is 5.92 Å². The molecule has 4 rings (SSSR count). The first kappa shape index (κ1) is 14.2. The van der Waals surface area contributed by atoms with Gasteiger partial charge in [-0.15, -0.1) is 0 Å². The van der Waals surface area contributed by atoms with Gasteiger partial charge in [0.15, 0.2) is 0 Å². The van der Waals surface area contributed by atoms with Crippen molar-refractivity contribution in [1.29, 1.82) is 0 Å². The molecule has 2 atom stereocenters. The number of benzene rings is 1. The third-order valence-electron chi connectivity index (χ3n) is 4.53. The molecule has 0 bridgehead atoms. The van der Waals surface area contributed by atoms with Crippen molar-refractivity contribution in [3.63, 3.8) is 0 Å². The second-order valence-corrected chi connectivity index (χ2v) is 6.32. The molecule has 2 aromatic rings. The number of carbonyl (C=O) groups excluding carboxylic acids is 1. The van der Waals surface area contributed by atoms with Crippen LogP contribution in [0.15, 0.2) is 36.7 Å². The van der Waals surface area contributed by atoms with Crippen LogP contribution in [0.5, 0.6) is 5.75 Å². The van der Waals surface area contributed by atoms with Crippen LogP contribution in [0.4, 0.5) is 5.69 Å². The molecule has 1 heterocycles. The largest absolute Gasteiger partial charge is 0.497 e. The normalized spacial score (nSPS) is 22.5. The minimum Gasteiger partial charge on any atom is -0.497 e. The Hall–Kier alpha value is -2.43. The lowest BCUT2D eigenvalue weighted by atomic mass is 10.1. The lowest BCUT2D eigenvalue weighted by Crippen LogP contribution is -2.15. The molecule has 0 radical (unpaired) electrons. The molecule has 118 valence electrons. The van der Waals surface area contributed by atoms with Gasteiger partial charge in [-0.3, -0.25) is 4.79 Å². The van der Waals surface area contributed by atoms with E-state index in [0.29, 0.717) is 11.6 Å². The fourth-order valence-corrected chi connectivity index (χ4v) is 2.92. The summed E-state index contributed by atoms with van der Waals surface area (Å²) in [6, 6.07) is 7.94. The minimum absolute atomic E-state index is 0.0187. The fraction of sp³-hybridized carbons (Fsp3) is 0.389. The van der Waals surface area contributed by atoms with E-state index in [1.54, 1.807) is 19.5 Å². The van der Waals surface area contributed by atoms with Gasteiger partial charge in [-0.1, -0.05) is 12.1 Å². The van der Waals surface area contributed by atoms with Gasteiger partial charge >= 0.3 is 0 Å². The number of amides is 1. The Bertz CT molecular complexity index is 725. The molecule has 0 aliphatic heterocycles. The van der Waals surface area contributed by atoms with Gasteiger partial charge in [0.25, 0.3) is 0 Å². The van der Waals surface area contributed by atoms with Crippen LogP contribution in [-0.4, -0.2) is 23.0 Å². The Morgan fingerprint density at radius 1 is 1.26 bits per heavy atom. The number of nitrogens with one attached hydrogen (secondary N) is 1. The average molecular weight is 309 g/mol. The molecule has 2 fully saturated rings. The van der Waals surface area contributed by atoms with E-state index in [2.05, 4.69) is 15.3 Å². The molecule has 5 nitrogen and oxygen atoms in total. The van der Waals surface area contributed by atoms with Crippen molar-refractivity contribution in [2.45, 2.75) is 31.1 Å². The van der Waals surface area contributed by atoms with Crippen LogP contribution >= 0.6 is 0 Å². The molecule has 1 aromatic heterocycles. The number of rotatable bonds is 5. The summed E-state index contributed by atoms with van der Waals surface area (Å²) in [5, 5.41) is 2.92. The maximum Gasteiger partial charge on any atom is 0.228 e. The van der Waals surface area contributed by atoms with Gasteiger partial charge < -0.3 is 10.1 Å². The highest BCUT2D eigenvalue weighted by atomic mass is 16.5. The molecule has 1 amide bonds. The lowest BCUT2D eigenvalue weighted by Gasteiger charge is -2.06. The van der Waals surface area contributed by atoms with Gasteiger partial charge in [-0.2, -0.15) is 0 Å². The molecule has 2 aliphatic carbocycles. The van der Waals surface area contributed by atoms with Crippen molar-refractivity contribution in [3.05, 3.63) is 48.0 Å². The summed E-state index contributed by atoms with van der Waals surface area (Å²) in [7, 11) is 1.65. The number of anilines is 1. The van der Waals surface area contributed by atoms with Crippen LogP contribution in [0, 0.1) is 5.92 Å². The van der Waals surface area contributed by atoms with E-state index >= 15 is 0 Å². The van der Waals surface area contributed by atoms with Crippen LogP contribution < -0.4 is 10.1 Å². The summed E-state index contributed by atoms with van der Waals surface area (Å²) in [5.74, 6) is 2.59. The topological polar surface area (TPSA) is 64.1 Å². The van der Waals surface area contributed by atoms with E-state index in [4.69, 9.17) is 4.74 Å². The Kier molecular flexibility index (Phi) is 3.48. The van der Waals surface area contributed by atoms with E-state index < -0.39 is 0 Å². The first-order chi connectivity index (χ1) is 11.2. The Morgan fingerprint density at radius 2 is 2.04 bits per heavy atom. The van der Waals surface area contributed by atoms with Gasteiger partial charge in [0.2, 0.25) is 5.91 Å². The monoisotopic (exact) mass is 309 g/mol. The number of hydrogen-bond acceptors (Lipinski definition) is 4. The fourth-order valence-electron chi connectivity index (χ4n) is 2.92. The maximum atomic E-state index is 12.3. The molecule has 2 aliphatic rings. The Balaban J connectivity index is 1.38. The molecule has 2 saturated carbocycles. The molecule has 1 aromatic carbocycles. The predicted molar refractivity (Wildman–Crippen MR) is 86.5 cm³/mol. The highest BCUT2D eigenvalue weighted by Crippen LogP contribution is 2.48. The van der Waals surface area contributed by atoms with Crippen LogP contribution in [0.25, 0.3) is 0 Å². The summed E-state index contributed by atoms with van der Waals surface area (Å²) < 4.78 is 5.24. The second-order valence-electron chi connectivity index (χ2n) is 6.32. The second kappa shape index (κ2) is 5.65. The number of methoxy groups -OCH3 is 1. The number of nitrogens with zero attached hydrogens (tertiary/aromatic N) is 2. The van der Waals surface area contributed by atoms with Gasteiger partial charge in [0.1, 0.15) is 11.6 Å². The summed E-state index contributed by atoms with van der Waals surface area (Å²) in [5.41, 5.74) is 1.83. The van der Waals surface area contributed by atoms with E-state index in [1.807, 2.05) is 24.3 Å². The van der Waals surface area contributed by atoms with Crippen molar-refractivity contribution in [1.82, 2.24) is 9.97 Å². The van der Waals surface area contributed by atoms with Gasteiger partial charge in [0, 0.05) is 11.8 Å². The molecular weight excluding hydrogens is 290 g/mol. The van der Waals surface area contributed by atoms with E-state index in [0.717, 1.165) is 23.6 Å². The van der Waals surface area contributed by atoms with Crippen molar-refractivity contribution in [3.8, 4) is 5.75 Å². The Morgan fingerprint density at radius 3 is 2.74 bits per heavy atom. The molecule has 0 saturated heterocycles. The first-order valence-corrected chi connectivity index (χ1v) is 8.01. The highest BCUT2D eigenvalue weighted by molar-refractivity contribution is 5.95. The van der Waals surface area contributed by atoms with Gasteiger partial charge in [-0.25, -0.2) is 9.97 Å². The third-order valence-corrected chi connectivity index (χ3v) is 4.53. The minimum atomic E-state index is 0.0187. The molecule has 0 unspecified atom stereocenters. The molecular formula is C18H19N3O2. The van der Waals surface area contributed by atoms with Crippen LogP contribution in [0.2, 0.25) is 0 Å². The van der Waals surface area contributed by atoms with Crippen LogP contribution in [0.3, 0.4) is 0 Å². The summed E-state index contributed by atoms with van der Waals surface area (Å²) >= 11 is 0. The molecule has 0 spiro atoms. The zero-order valence-corrected chi connectivity index (χ0v) is 13.0.